The van der Waals surface area contributed by atoms with Crippen molar-refractivity contribution in [1.82, 2.24) is 0 Å². The van der Waals surface area contributed by atoms with E-state index in [1.54, 1.807) is 48.5 Å². The van der Waals surface area contributed by atoms with Crippen molar-refractivity contribution in [2.75, 3.05) is 0 Å². The molecule has 3 aromatic carbocycles. The molecule has 0 unspecified atom stereocenters. The fraction of sp³-hybridized carbons (Fsp3) is 0.0526. The summed E-state index contributed by atoms with van der Waals surface area (Å²) in [6.07, 6.45) is -4.64. The number of alkyl halides is 3. The summed E-state index contributed by atoms with van der Waals surface area (Å²) in [6.45, 7) is 0. The van der Waals surface area contributed by atoms with Crippen LogP contribution in [0.3, 0.4) is 0 Å². The van der Waals surface area contributed by atoms with E-state index in [-0.39, 0.29) is 22.4 Å². The number of rotatable bonds is 3. The zero-order valence-corrected chi connectivity index (χ0v) is 12.8. The fourth-order valence-corrected chi connectivity index (χ4v) is 2.78. The highest BCUT2D eigenvalue weighted by Gasteiger charge is 2.37. The van der Waals surface area contributed by atoms with E-state index in [9.17, 15) is 23.3 Å². The van der Waals surface area contributed by atoms with Gasteiger partial charge >= 0.3 is 6.18 Å². The van der Waals surface area contributed by atoms with E-state index in [1.165, 1.54) is 12.1 Å². The molecule has 126 valence electrons. The predicted octanol–water partition coefficient (Wildman–Crippen LogP) is 5.95. The normalized spacial score (nSPS) is 11.3. The van der Waals surface area contributed by atoms with Gasteiger partial charge in [0.05, 0.1) is 16.1 Å². The number of benzene rings is 3. The Morgan fingerprint density at radius 3 is 1.64 bits per heavy atom. The summed E-state index contributed by atoms with van der Waals surface area (Å²) in [5, 5.41) is 11.5. The van der Waals surface area contributed by atoms with Gasteiger partial charge in [-0.1, -0.05) is 60.7 Å². The van der Waals surface area contributed by atoms with Gasteiger partial charge in [0.25, 0.3) is 5.69 Å². The maximum atomic E-state index is 13.6. The van der Waals surface area contributed by atoms with E-state index in [2.05, 4.69) is 0 Å². The van der Waals surface area contributed by atoms with Crippen LogP contribution in [0.25, 0.3) is 22.3 Å². The maximum Gasteiger partial charge on any atom is 0.417 e. The van der Waals surface area contributed by atoms with Gasteiger partial charge in [-0.25, -0.2) is 0 Å². The highest BCUT2D eigenvalue weighted by Crippen LogP contribution is 2.46. The molecule has 0 aliphatic carbocycles. The molecule has 3 nitrogen and oxygen atoms in total. The van der Waals surface area contributed by atoms with Crippen LogP contribution >= 0.6 is 0 Å². The van der Waals surface area contributed by atoms with Crippen LogP contribution in [0.15, 0.2) is 72.8 Å². The number of hydrogen-bond acceptors (Lipinski definition) is 2. The van der Waals surface area contributed by atoms with Crippen molar-refractivity contribution in [3.63, 3.8) is 0 Å². The van der Waals surface area contributed by atoms with Gasteiger partial charge < -0.3 is 0 Å². The van der Waals surface area contributed by atoms with Crippen LogP contribution in [-0.4, -0.2) is 4.92 Å². The molecule has 0 aliphatic rings. The largest absolute Gasteiger partial charge is 0.417 e. The van der Waals surface area contributed by atoms with Crippen LogP contribution < -0.4 is 0 Å². The molecule has 0 atom stereocenters. The standard InChI is InChI=1S/C19H12F3NO2/c20-19(21,22)15-11-12-16(23(24)25)18(14-9-5-2-6-10-14)17(15)13-7-3-1-4-8-13/h1-12H. The highest BCUT2D eigenvalue weighted by atomic mass is 19.4. The molecular formula is C19H12F3NO2. The van der Waals surface area contributed by atoms with Gasteiger partial charge in [0.1, 0.15) is 0 Å². The zero-order valence-electron chi connectivity index (χ0n) is 12.8. The minimum absolute atomic E-state index is 0.0355. The first-order valence-electron chi connectivity index (χ1n) is 7.39. The number of nitro groups is 1. The summed E-state index contributed by atoms with van der Waals surface area (Å²) in [7, 11) is 0. The molecule has 0 aromatic heterocycles. The number of halogens is 3. The topological polar surface area (TPSA) is 43.1 Å². The first kappa shape index (κ1) is 16.7. The van der Waals surface area contributed by atoms with E-state index in [0.717, 1.165) is 12.1 Å². The molecular weight excluding hydrogens is 331 g/mol. The van der Waals surface area contributed by atoms with E-state index in [1.807, 2.05) is 0 Å². The van der Waals surface area contributed by atoms with Crippen molar-refractivity contribution < 1.29 is 18.1 Å². The van der Waals surface area contributed by atoms with E-state index in [0.29, 0.717) is 5.56 Å². The average molecular weight is 343 g/mol. The molecule has 0 fully saturated rings. The van der Waals surface area contributed by atoms with Crippen LogP contribution in [0.5, 0.6) is 0 Å². The Kier molecular flexibility index (Phi) is 4.27. The first-order valence-corrected chi connectivity index (χ1v) is 7.39. The van der Waals surface area contributed by atoms with Crippen molar-refractivity contribution in [3.8, 4) is 22.3 Å². The average Bonchev–Trinajstić information content (AvgIpc) is 2.61. The number of hydrogen-bond donors (Lipinski definition) is 0. The molecule has 0 heterocycles. The zero-order chi connectivity index (χ0) is 18.0. The predicted molar refractivity (Wildman–Crippen MR) is 89.0 cm³/mol. The third-order valence-corrected chi connectivity index (χ3v) is 3.81. The first-order chi connectivity index (χ1) is 11.9. The quantitative estimate of drug-likeness (QED) is 0.436. The van der Waals surface area contributed by atoms with Crippen molar-refractivity contribution in [1.29, 1.82) is 0 Å². The maximum absolute atomic E-state index is 13.6. The van der Waals surface area contributed by atoms with E-state index in [4.69, 9.17) is 0 Å². The molecule has 6 heteroatoms. The van der Waals surface area contributed by atoms with Gasteiger partial charge in [-0.15, -0.1) is 0 Å². The molecule has 0 N–H and O–H groups in total. The second-order valence-electron chi connectivity index (χ2n) is 5.37. The lowest BCUT2D eigenvalue weighted by Crippen LogP contribution is -2.09. The Morgan fingerprint density at radius 1 is 0.720 bits per heavy atom. The molecule has 0 bridgehead atoms. The minimum Gasteiger partial charge on any atom is -0.258 e. The Balaban J connectivity index is 2.46. The van der Waals surface area contributed by atoms with Crippen molar-refractivity contribution in [2.45, 2.75) is 6.18 Å². The smallest absolute Gasteiger partial charge is 0.258 e. The third kappa shape index (κ3) is 3.24. The SMILES string of the molecule is O=[N+]([O-])c1ccc(C(F)(F)F)c(-c2ccccc2)c1-c1ccccc1. The molecule has 0 saturated heterocycles. The van der Waals surface area contributed by atoms with Crippen LogP contribution in [0.1, 0.15) is 5.56 Å². The van der Waals surface area contributed by atoms with Gasteiger partial charge in [-0.05, 0) is 17.2 Å². The van der Waals surface area contributed by atoms with Gasteiger partial charge in [0, 0.05) is 11.6 Å². The summed E-state index contributed by atoms with van der Waals surface area (Å²) in [5.41, 5.74) is -0.849. The van der Waals surface area contributed by atoms with Gasteiger partial charge in [0.2, 0.25) is 0 Å². The minimum atomic E-state index is -4.64. The molecule has 0 radical (unpaired) electrons. The second-order valence-corrected chi connectivity index (χ2v) is 5.37. The highest BCUT2D eigenvalue weighted by molar-refractivity contribution is 5.91. The molecule has 3 rings (SSSR count). The van der Waals surface area contributed by atoms with Crippen LogP contribution in [0, 0.1) is 10.1 Å². The van der Waals surface area contributed by atoms with Crippen molar-refractivity contribution in [3.05, 3.63) is 88.5 Å². The second kappa shape index (κ2) is 6.39. The van der Waals surface area contributed by atoms with Crippen molar-refractivity contribution >= 4 is 5.69 Å². The van der Waals surface area contributed by atoms with Gasteiger partial charge in [-0.2, -0.15) is 13.2 Å². The lowest BCUT2D eigenvalue weighted by Gasteiger charge is -2.17. The Hall–Kier alpha value is -3.15. The molecule has 25 heavy (non-hydrogen) atoms. The summed E-state index contributed by atoms with van der Waals surface area (Å²) in [4.78, 5) is 10.8. The monoisotopic (exact) mass is 343 g/mol. The van der Waals surface area contributed by atoms with Crippen LogP contribution in [-0.2, 0) is 6.18 Å². The van der Waals surface area contributed by atoms with Gasteiger partial charge in [-0.3, -0.25) is 10.1 Å². The summed E-state index contributed by atoms with van der Waals surface area (Å²) < 4.78 is 40.8. The van der Waals surface area contributed by atoms with E-state index < -0.39 is 16.7 Å². The molecule has 0 spiro atoms. The van der Waals surface area contributed by atoms with Gasteiger partial charge in [0.15, 0.2) is 0 Å². The van der Waals surface area contributed by atoms with Crippen molar-refractivity contribution in [2.24, 2.45) is 0 Å². The number of nitrogens with zero attached hydrogens (tertiary/aromatic N) is 1. The summed E-state index contributed by atoms with van der Waals surface area (Å²) in [5.74, 6) is 0. The molecule has 0 saturated carbocycles. The Morgan fingerprint density at radius 2 is 1.20 bits per heavy atom. The summed E-state index contributed by atoms with van der Waals surface area (Å²) >= 11 is 0. The molecule has 0 amide bonds. The lowest BCUT2D eigenvalue weighted by molar-refractivity contribution is -0.384. The van der Waals surface area contributed by atoms with Crippen LogP contribution in [0.4, 0.5) is 18.9 Å². The van der Waals surface area contributed by atoms with Crippen LogP contribution in [0.2, 0.25) is 0 Å². The molecule has 3 aromatic rings. The third-order valence-electron chi connectivity index (χ3n) is 3.81. The lowest BCUT2D eigenvalue weighted by atomic mass is 9.89. The molecule has 0 aliphatic heterocycles. The van der Waals surface area contributed by atoms with E-state index >= 15 is 0 Å². The number of nitro benzene ring substituents is 1. The Labute approximate surface area is 141 Å². The Bertz CT molecular complexity index is 907. The fourth-order valence-electron chi connectivity index (χ4n) is 2.78. The summed E-state index contributed by atoms with van der Waals surface area (Å²) in [6, 6.07) is 17.7.